The van der Waals surface area contributed by atoms with Crippen molar-refractivity contribution in [1.82, 2.24) is 4.98 Å². The Morgan fingerprint density at radius 3 is 2.71 bits per heavy atom. The number of Topliss-reactive ketones (excluding diaryl/α,β-unsaturated/α-hetero) is 1. The number of nitrogens with zero attached hydrogens (tertiary/aromatic N) is 2. The smallest absolute Gasteiger partial charge is 0.173 e. The second-order valence-electron chi connectivity index (χ2n) is 10.3. The van der Waals surface area contributed by atoms with E-state index in [1.54, 1.807) is 0 Å². The maximum absolute atomic E-state index is 13.0. The highest BCUT2D eigenvalue weighted by Gasteiger charge is 2.32. The zero-order chi connectivity index (χ0) is 23.9. The number of benzene rings is 2. The Labute approximate surface area is 206 Å². The van der Waals surface area contributed by atoms with Crippen LogP contribution in [0.1, 0.15) is 71.9 Å². The molecule has 1 aromatic heterocycles. The molecule has 0 bridgehead atoms. The molecule has 5 rings (SSSR count). The van der Waals surface area contributed by atoms with Crippen molar-refractivity contribution >= 4 is 17.5 Å². The first-order chi connectivity index (χ1) is 16.4. The Hall–Kier alpha value is -2.90. The first-order valence-electron chi connectivity index (χ1n) is 12.2. The second kappa shape index (κ2) is 9.04. The Kier molecular flexibility index (Phi) is 6.08. The minimum Gasteiger partial charge on any atom is -0.293 e. The summed E-state index contributed by atoms with van der Waals surface area (Å²) in [5.41, 5.74) is 8.97. The van der Waals surface area contributed by atoms with Crippen molar-refractivity contribution < 1.29 is 4.79 Å². The molecule has 0 fully saturated rings. The average molecular weight is 467 g/mol. The minimum absolute atomic E-state index is 0.0805. The molecule has 0 N–H and O–H groups in total. The molecule has 4 heteroatoms. The van der Waals surface area contributed by atoms with E-state index in [1.807, 2.05) is 18.2 Å². The van der Waals surface area contributed by atoms with Gasteiger partial charge in [0.15, 0.2) is 5.78 Å². The fourth-order valence-corrected chi connectivity index (χ4v) is 6.20. The predicted molar refractivity (Wildman–Crippen MR) is 138 cm³/mol. The van der Waals surface area contributed by atoms with Crippen molar-refractivity contribution in [2.75, 3.05) is 5.75 Å². The van der Waals surface area contributed by atoms with Gasteiger partial charge in [-0.3, -0.25) is 4.79 Å². The van der Waals surface area contributed by atoms with Crippen LogP contribution >= 0.6 is 11.8 Å². The third-order valence-corrected chi connectivity index (χ3v) is 8.94. The zero-order valence-corrected chi connectivity index (χ0v) is 21.0. The van der Waals surface area contributed by atoms with Crippen molar-refractivity contribution in [2.24, 2.45) is 11.3 Å². The number of carbonyl (C=O) groups is 1. The van der Waals surface area contributed by atoms with E-state index in [2.05, 4.69) is 57.2 Å². The topological polar surface area (TPSA) is 53.8 Å². The number of aryl methyl sites for hydroxylation is 1. The summed E-state index contributed by atoms with van der Waals surface area (Å²) in [6.45, 7) is 6.94. The quantitative estimate of drug-likeness (QED) is 0.226. The Morgan fingerprint density at radius 2 is 1.91 bits per heavy atom. The number of pyridine rings is 1. The van der Waals surface area contributed by atoms with Gasteiger partial charge in [-0.2, -0.15) is 5.26 Å². The molecule has 0 saturated carbocycles. The van der Waals surface area contributed by atoms with Gasteiger partial charge >= 0.3 is 0 Å². The third kappa shape index (κ3) is 4.18. The van der Waals surface area contributed by atoms with E-state index < -0.39 is 0 Å². The van der Waals surface area contributed by atoms with Crippen LogP contribution in [0.3, 0.4) is 0 Å². The molecular weight excluding hydrogens is 436 g/mol. The number of carbonyl (C=O) groups excluding carboxylic acids is 1. The van der Waals surface area contributed by atoms with Crippen molar-refractivity contribution in [1.29, 1.82) is 5.26 Å². The molecule has 34 heavy (non-hydrogen) atoms. The van der Waals surface area contributed by atoms with Crippen LogP contribution in [0.4, 0.5) is 0 Å². The summed E-state index contributed by atoms with van der Waals surface area (Å²) in [6.07, 6.45) is 5.09. The number of hydrogen-bond acceptors (Lipinski definition) is 4. The lowest BCUT2D eigenvalue weighted by molar-refractivity contribution is 0.102. The summed E-state index contributed by atoms with van der Waals surface area (Å²) in [5.74, 6) is 0.985. The van der Waals surface area contributed by atoms with E-state index in [-0.39, 0.29) is 11.5 Å². The lowest BCUT2D eigenvalue weighted by atomic mass is 9.69. The first kappa shape index (κ1) is 22.9. The Bertz CT molecular complexity index is 1320. The van der Waals surface area contributed by atoms with E-state index in [1.165, 1.54) is 39.6 Å². The highest BCUT2D eigenvalue weighted by Crippen LogP contribution is 2.40. The summed E-state index contributed by atoms with van der Waals surface area (Å²) in [4.78, 5) is 17.9. The minimum atomic E-state index is 0.0805. The van der Waals surface area contributed by atoms with Crippen LogP contribution in [-0.4, -0.2) is 16.5 Å². The van der Waals surface area contributed by atoms with Gasteiger partial charge in [-0.15, -0.1) is 0 Å². The van der Waals surface area contributed by atoms with Gasteiger partial charge in [0.25, 0.3) is 0 Å². The predicted octanol–water partition coefficient (Wildman–Crippen LogP) is 7.04. The van der Waals surface area contributed by atoms with Gasteiger partial charge in [0.2, 0.25) is 0 Å². The Balaban J connectivity index is 1.31. The highest BCUT2D eigenvalue weighted by atomic mass is 32.2. The molecule has 1 heterocycles. The average Bonchev–Trinajstić information content (AvgIpc) is 3.24. The van der Waals surface area contributed by atoms with Crippen molar-refractivity contribution in [2.45, 2.75) is 57.9 Å². The fourth-order valence-electron chi connectivity index (χ4n) is 5.33. The van der Waals surface area contributed by atoms with Gasteiger partial charge in [0, 0.05) is 11.3 Å². The highest BCUT2D eigenvalue weighted by molar-refractivity contribution is 8.00. The van der Waals surface area contributed by atoms with Crippen molar-refractivity contribution in [3.05, 3.63) is 82.0 Å². The molecule has 0 radical (unpaired) electrons. The molecule has 0 aliphatic heterocycles. The fraction of sp³-hybridized carbons (Fsp3) is 0.367. The van der Waals surface area contributed by atoms with Crippen LogP contribution in [-0.2, 0) is 19.3 Å². The summed E-state index contributed by atoms with van der Waals surface area (Å²) in [6, 6.07) is 18.8. The van der Waals surface area contributed by atoms with E-state index in [4.69, 9.17) is 4.98 Å². The standard InChI is InChI=1S/C30H30N2OS/c1-4-30(2,3)24-10-12-27-22(16-24)15-23(17-31)29(32-27)34-18-28(33)20-9-11-26-21(14-20)13-19-7-5-6-8-25(19)26/h5-9,11,14-15,24H,4,10,12-13,16,18H2,1-3H3. The lowest BCUT2D eigenvalue weighted by Crippen LogP contribution is -2.29. The molecule has 2 aromatic carbocycles. The normalized spacial score (nSPS) is 16.4. The van der Waals surface area contributed by atoms with Gasteiger partial charge in [0.1, 0.15) is 11.1 Å². The summed E-state index contributed by atoms with van der Waals surface area (Å²) in [7, 11) is 0. The monoisotopic (exact) mass is 466 g/mol. The molecule has 2 aliphatic rings. The molecule has 0 saturated heterocycles. The van der Waals surface area contributed by atoms with E-state index in [0.29, 0.717) is 21.9 Å². The van der Waals surface area contributed by atoms with E-state index in [0.717, 1.165) is 43.4 Å². The molecule has 172 valence electrons. The van der Waals surface area contributed by atoms with Crippen LogP contribution in [0.2, 0.25) is 0 Å². The third-order valence-electron chi connectivity index (χ3n) is 7.94. The Morgan fingerprint density at radius 1 is 1.12 bits per heavy atom. The summed E-state index contributed by atoms with van der Waals surface area (Å²) >= 11 is 1.40. The van der Waals surface area contributed by atoms with Gasteiger partial charge in [-0.05, 0) is 77.0 Å². The van der Waals surface area contributed by atoms with Crippen LogP contribution in [0, 0.1) is 22.7 Å². The van der Waals surface area contributed by atoms with Gasteiger partial charge in [-0.1, -0.05) is 75.4 Å². The number of rotatable bonds is 6. The number of ketones is 1. The second-order valence-corrected chi connectivity index (χ2v) is 11.2. The summed E-state index contributed by atoms with van der Waals surface area (Å²) in [5, 5.41) is 10.5. The number of nitriles is 1. The number of aromatic nitrogens is 1. The van der Waals surface area contributed by atoms with Crippen LogP contribution < -0.4 is 0 Å². The largest absolute Gasteiger partial charge is 0.293 e. The number of thioether (sulfide) groups is 1. The van der Waals surface area contributed by atoms with E-state index in [9.17, 15) is 10.1 Å². The molecule has 3 nitrogen and oxygen atoms in total. The molecular formula is C30H30N2OS. The maximum Gasteiger partial charge on any atom is 0.173 e. The molecule has 1 atom stereocenters. The van der Waals surface area contributed by atoms with E-state index >= 15 is 0 Å². The lowest BCUT2D eigenvalue weighted by Gasteiger charge is -2.37. The molecule has 0 amide bonds. The van der Waals surface area contributed by atoms with Crippen LogP contribution in [0.25, 0.3) is 11.1 Å². The number of hydrogen-bond donors (Lipinski definition) is 0. The summed E-state index contributed by atoms with van der Waals surface area (Å²) < 4.78 is 0. The molecule has 0 spiro atoms. The molecule has 2 aliphatic carbocycles. The molecule has 1 unspecified atom stereocenters. The maximum atomic E-state index is 13.0. The van der Waals surface area contributed by atoms with Crippen molar-refractivity contribution in [3.63, 3.8) is 0 Å². The van der Waals surface area contributed by atoms with Gasteiger partial charge in [0.05, 0.1) is 11.3 Å². The SMILES string of the molecule is CCC(C)(C)C1CCc2nc(SCC(=O)c3ccc4c(c3)Cc3ccccc3-4)c(C#N)cc2C1. The number of fused-ring (bicyclic) bond motifs is 4. The zero-order valence-electron chi connectivity index (χ0n) is 20.1. The van der Waals surface area contributed by atoms with Gasteiger partial charge in [-0.25, -0.2) is 4.98 Å². The molecule has 3 aromatic rings. The first-order valence-corrected chi connectivity index (χ1v) is 13.2. The van der Waals surface area contributed by atoms with Crippen LogP contribution in [0.5, 0.6) is 0 Å². The van der Waals surface area contributed by atoms with Gasteiger partial charge < -0.3 is 0 Å². The van der Waals surface area contributed by atoms with Crippen LogP contribution in [0.15, 0.2) is 53.6 Å². The van der Waals surface area contributed by atoms with Crippen molar-refractivity contribution in [3.8, 4) is 17.2 Å².